The van der Waals surface area contributed by atoms with Crippen LogP contribution in [0.2, 0.25) is 0 Å². The Hall–Kier alpha value is -2.08. The molecule has 0 radical (unpaired) electrons. The standard InChI is InChI=1S/C21H28N2O4/c24-19(7-3-11-23-12-4-8-20(23)25)22-17-15-21(9-13-26-14-10-21)27-18-6-2-1-5-16(17)18/h1-2,5-6,17H,3-4,7-15H2,(H,22,24). The minimum absolute atomic E-state index is 0.0334. The van der Waals surface area contributed by atoms with Gasteiger partial charge in [0.2, 0.25) is 11.8 Å². The number of carbonyl (C=O) groups excluding carboxylic acids is 2. The van der Waals surface area contributed by atoms with E-state index in [0.717, 1.165) is 43.5 Å². The summed E-state index contributed by atoms with van der Waals surface area (Å²) in [4.78, 5) is 26.1. The average molecular weight is 372 g/mol. The Morgan fingerprint density at radius 1 is 1.26 bits per heavy atom. The van der Waals surface area contributed by atoms with Crippen LogP contribution in [0.25, 0.3) is 0 Å². The number of benzene rings is 1. The molecule has 0 saturated carbocycles. The Labute approximate surface area is 160 Å². The molecule has 2 amide bonds. The smallest absolute Gasteiger partial charge is 0.222 e. The van der Waals surface area contributed by atoms with Crippen LogP contribution in [0.4, 0.5) is 0 Å². The molecule has 1 spiro atoms. The van der Waals surface area contributed by atoms with E-state index < -0.39 is 0 Å². The number of fused-ring (bicyclic) bond motifs is 1. The van der Waals surface area contributed by atoms with Gasteiger partial charge in [-0.2, -0.15) is 0 Å². The fraction of sp³-hybridized carbons (Fsp3) is 0.619. The number of nitrogens with zero attached hydrogens (tertiary/aromatic N) is 1. The Morgan fingerprint density at radius 3 is 2.85 bits per heavy atom. The second kappa shape index (κ2) is 7.89. The lowest BCUT2D eigenvalue weighted by Gasteiger charge is -2.44. The van der Waals surface area contributed by atoms with Gasteiger partial charge < -0.3 is 19.7 Å². The summed E-state index contributed by atoms with van der Waals surface area (Å²) in [6.07, 6.45) is 5.23. The van der Waals surface area contributed by atoms with Crippen molar-refractivity contribution in [3.8, 4) is 5.75 Å². The van der Waals surface area contributed by atoms with Crippen LogP contribution < -0.4 is 10.1 Å². The second-order valence-corrected chi connectivity index (χ2v) is 7.85. The Balaban J connectivity index is 1.37. The van der Waals surface area contributed by atoms with E-state index in [-0.39, 0.29) is 23.5 Å². The summed E-state index contributed by atoms with van der Waals surface area (Å²) in [7, 11) is 0. The number of hydrogen-bond acceptors (Lipinski definition) is 4. The van der Waals surface area contributed by atoms with Crippen molar-refractivity contribution in [1.82, 2.24) is 10.2 Å². The number of para-hydroxylation sites is 1. The molecular weight excluding hydrogens is 344 g/mol. The highest BCUT2D eigenvalue weighted by atomic mass is 16.5. The summed E-state index contributed by atoms with van der Waals surface area (Å²) in [5, 5.41) is 3.22. The lowest BCUT2D eigenvalue weighted by Crippen LogP contribution is -2.48. The molecule has 3 aliphatic rings. The molecule has 2 saturated heterocycles. The van der Waals surface area contributed by atoms with Gasteiger partial charge >= 0.3 is 0 Å². The normalized spacial score (nSPS) is 23.8. The van der Waals surface area contributed by atoms with E-state index in [4.69, 9.17) is 9.47 Å². The molecule has 1 aromatic rings. The van der Waals surface area contributed by atoms with Crippen molar-refractivity contribution in [3.63, 3.8) is 0 Å². The number of amides is 2. The maximum absolute atomic E-state index is 12.6. The van der Waals surface area contributed by atoms with Crippen LogP contribution in [0, 0.1) is 0 Å². The fourth-order valence-corrected chi connectivity index (χ4v) is 4.43. The predicted molar refractivity (Wildman–Crippen MR) is 100 cm³/mol. The predicted octanol–water partition coefficient (Wildman–Crippen LogP) is 2.58. The third-order valence-electron chi connectivity index (χ3n) is 5.94. The van der Waals surface area contributed by atoms with Gasteiger partial charge in [0.25, 0.3) is 0 Å². The van der Waals surface area contributed by atoms with Gasteiger partial charge in [-0.05, 0) is 18.9 Å². The molecule has 1 atom stereocenters. The Kier molecular flexibility index (Phi) is 5.34. The number of carbonyl (C=O) groups is 2. The van der Waals surface area contributed by atoms with Crippen LogP contribution in [0.5, 0.6) is 5.75 Å². The van der Waals surface area contributed by atoms with Crippen LogP contribution in [-0.4, -0.2) is 48.6 Å². The Morgan fingerprint density at radius 2 is 2.07 bits per heavy atom. The lowest BCUT2D eigenvalue weighted by atomic mass is 9.82. The van der Waals surface area contributed by atoms with Crippen molar-refractivity contribution in [2.45, 2.75) is 56.6 Å². The van der Waals surface area contributed by atoms with E-state index in [2.05, 4.69) is 5.32 Å². The van der Waals surface area contributed by atoms with E-state index in [1.54, 1.807) is 0 Å². The first-order chi connectivity index (χ1) is 13.2. The number of likely N-dealkylation sites (tertiary alicyclic amines) is 1. The number of hydrogen-bond donors (Lipinski definition) is 1. The van der Waals surface area contributed by atoms with Gasteiger partial charge in [0, 0.05) is 50.8 Å². The topological polar surface area (TPSA) is 67.9 Å². The van der Waals surface area contributed by atoms with Crippen molar-refractivity contribution < 1.29 is 19.1 Å². The highest BCUT2D eigenvalue weighted by molar-refractivity contribution is 5.78. The molecule has 0 bridgehead atoms. The number of rotatable bonds is 5. The molecule has 27 heavy (non-hydrogen) atoms. The zero-order valence-corrected chi connectivity index (χ0v) is 15.7. The fourth-order valence-electron chi connectivity index (χ4n) is 4.43. The SMILES string of the molecule is O=C(CCCN1CCCC1=O)NC1CC2(CCOCC2)Oc2ccccc21. The Bertz CT molecular complexity index is 699. The molecule has 2 fully saturated rings. The van der Waals surface area contributed by atoms with Crippen molar-refractivity contribution in [3.05, 3.63) is 29.8 Å². The molecular formula is C21H28N2O4. The molecule has 4 rings (SSSR count). The van der Waals surface area contributed by atoms with Crippen molar-refractivity contribution in [1.29, 1.82) is 0 Å². The van der Waals surface area contributed by atoms with Crippen LogP contribution in [0.15, 0.2) is 24.3 Å². The summed E-state index contributed by atoms with van der Waals surface area (Å²) < 4.78 is 11.9. The van der Waals surface area contributed by atoms with E-state index in [0.29, 0.717) is 39.0 Å². The minimum Gasteiger partial charge on any atom is -0.487 e. The minimum atomic E-state index is -0.244. The third kappa shape index (κ3) is 4.10. The number of nitrogens with one attached hydrogen (secondary N) is 1. The van der Waals surface area contributed by atoms with Crippen molar-refractivity contribution in [2.24, 2.45) is 0 Å². The van der Waals surface area contributed by atoms with Crippen molar-refractivity contribution in [2.75, 3.05) is 26.3 Å². The zero-order valence-electron chi connectivity index (χ0n) is 15.7. The average Bonchev–Trinajstić information content (AvgIpc) is 3.07. The highest BCUT2D eigenvalue weighted by Crippen LogP contribution is 2.43. The first-order valence-electron chi connectivity index (χ1n) is 10.1. The van der Waals surface area contributed by atoms with Crippen LogP contribution in [0.3, 0.4) is 0 Å². The first-order valence-corrected chi connectivity index (χ1v) is 10.1. The van der Waals surface area contributed by atoms with Gasteiger partial charge in [-0.15, -0.1) is 0 Å². The highest BCUT2D eigenvalue weighted by Gasteiger charge is 2.42. The zero-order chi connectivity index (χ0) is 18.7. The van der Waals surface area contributed by atoms with E-state index >= 15 is 0 Å². The summed E-state index contributed by atoms with van der Waals surface area (Å²) in [6, 6.07) is 7.96. The molecule has 3 heterocycles. The van der Waals surface area contributed by atoms with Gasteiger partial charge in [0.05, 0.1) is 19.3 Å². The van der Waals surface area contributed by atoms with Crippen LogP contribution >= 0.6 is 0 Å². The quantitative estimate of drug-likeness (QED) is 0.863. The molecule has 1 aromatic carbocycles. The largest absolute Gasteiger partial charge is 0.487 e. The van der Waals surface area contributed by atoms with Crippen LogP contribution in [0.1, 0.15) is 56.6 Å². The maximum atomic E-state index is 12.6. The first kappa shape index (κ1) is 18.3. The monoisotopic (exact) mass is 372 g/mol. The van der Waals surface area contributed by atoms with Gasteiger partial charge in [-0.25, -0.2) is 0 Å². The summed E-state index contributed by atoms with van der Waals surface area (Å²) >= 11 is 0. The molecule has 6 heteroatoms. The van der Waals surface area contributed by atoms with Gasteiger partial charge in [0.1, 0.15) is 11.4 Å². The summed E-state index contributed by atoms with van der Waals surface area (Å²) in [6.45, 7) is 2.91. The molecule has 1 N–H and O–H groups in total. The van der Waals surface area contributed by atoms with E-state index in [1.807, 2.05) is 29.2 Å². The van der Waals surface area contributed by atoms with E-state index in [1.165, 1.54) is 0 Å². The third-order valence-corrected chi connectivity index (χ3v) is 5.94. The molecule has 3 aliphatic heterocycles. The summed E-state index contributed by atoms with van der Waals surface area (Å²) in [5.41, 5.74) is 0.810. The molecule has 146 valence electrons. The molecule has 1 unspecified atom stereocenters. The van der Waals surface area contributed by atoms with Crippen LogP contribution in [-0.2, 0) is 14.3 Å². The molecule has 0 aliphatic carbocycles. The van der Waals surface area contributed by atoms with E-state index in [9.17, 15) is 9.59 Å². The van der Waals surface area contributed by atoms with Gasteiger partial charge in [-0.3, -0.25) is 9.59 Å². The van der Waals surface area contributed by atoms with Gasteiger partial charge in [-0.1, -0.05) is 18.2 Å². The second-order valence-electron chi connectivity index (χ2n) is 7.85. The van der Waals surface area contributed by atoms with Gasteiger partial charge in [0.15, 0.2) is 0 Å². The number of ether oxygens (including phenoxy) is 2. The summed E-state index contributed by atoms with van der Waals surface area (Å²) in [5.74, 6) is 1.14. The van der Waals surface area contributed by atoms with Crippen molar-refractivity contribution >= 4 is 11.8 Å². The lowest BCUT2D eigenvalue weighted by molar-refractivity contribution is -0.128. The maximum Gasteiger partial charge on any atom is 0.222 e. The molecule has 6 nitrogen and oxygen atoms in total. The molecule has 0 aromatic heterocycles.